The van der Waals surface area contributed by atoms with Crippen LogP contribution < -0.4 is 0 Å². The minimum absolute atomic E-state index is 0.610. The van der Waals surface area contributed by atoms with Gasteiger partial charge in [0.25, 0.3) is 0 Å². The molecule has 14 heavy (non-hydrogen) atoms. The molecule has 0 aliphatic heterocycles. The van der Waals surface area contributed by atoms with Crippen LogP contribution in [0.2, 0.25) is 0 Å². The molecule has 1 saturated carbocycles. The smallest absolute Gasteiger partial charge is 0.314 e. The van der Waals surface area contributed by atoms with Gasteiger partial charge in [0.2, 0.25) is 0 Å². The predicted octanol–water partition coefficient (Wildman–Crippen LogP) is 2.38. The Bertz CT molecular complexity index is 366. The molecule has 0 atom stereocenters. The monoisotopic (exact) mass is 211 g/mol. The molecule has 1 aromatic rings. The van der Waals surface area contributed by atoms with Crippen molar-refractivity contribution in [2.75, 3.05) is 0 Å². The van der Waals surface area contributed by atoms with Crippen molar-refractivity contribution in [3.8, 4) is 0 Å². The van der Waals surface area contributed by atoms with Gasteiger partial charge in [-0.2, -0.15) is 0 Å². The molecule has 1 heterocycles. The number of carbonyl (C=O) groups is 1. The van der Waals surface area contributed by atoms with Crippen LogP contribution in [0.1, 0.15) is 42.5 Å². The highest BCUT2D eigenvalue weighted by atomic mass is 32.1. The second-order valence-corrected chi connectivity index (χ2v) is 5.33. The first-order valence-corrected chi connectivity index (χ1v) is 5.53. The topological polar surface area (TPSA) is 50.2 Å². The van der Waals surface area contributed by atoms with Crippen LogP contribution in [0, 0.1) is 0 Å². The average molecular weight is 211 g/mol. The van der Waals surface area contributed by atoms with Crippen molar-refractivity contribution >= 4 is 17.3 Å². The van der Waals surface area contributed by atoms with E-state index in [1.165, 1.54) is 12.8 Å². The largest absolute Gasteiger partial charge is 0.481 e. The summed E-state index contributed by atoms with van der Waals surface area (Å²) in [6, 6.07) is 0. The molecule has 0 saturated heterocycles. The fourth-order valence-electron chi connectivity index (χ4n) is 1.20. The van der Waals surface area contributed by atoms with E-state index in [0.717, 1.165) is 9.88 Å². The Morgan fingerprint density at radius 1 is 1.64 bits per heavy atom. The molecule has 1 fully saturated rings. The molecule has 0 unspecified atom stereocenters. The second kappa shape index (κ2) is 3.05. The first kappa shape index (κ1) is 9.65. The van der Waals surface area contributed by atoms with Crippen LogP contribution in [0.5, 0.6) is 0 Å². The number of hydrogen-bond acceptors (Lipinski definition) is 3. The number of aromatic nitrogens is 1. The zero-order chi connectivity index (χ0) is 10.3. The van der Waals surface area contributed by atoms with E-state index >= 15 is 0 Å². The van der Waals surface area contributed by atoms with E-state index in [9.17, 15) is 4.79 Å². The lowest BCUT2D eigenvalue weighted by Crippen LogP contribution is -2.27. The standard InChI is InChI=1S/C10H13NO2S/c1-10(2,9(12)13)7-5-11-8(14-7)6-3-4-6/h5-6H,3-4H2,1-2H3,(H,12,13). The van der Waals surface area contributed by atoms with Crippen LogP contribution in [0.15, 0.2) is 6.20 Å². The fraction of sp³-hybridized carbons (Fsp3) is 0.600. The van der Waals surface area contributed by atoms with Gasteiger partial charge in [-0.1, -0.05) is 0 Å². The van der Waals surface area contributed by atoms with Crippen LogP contribution in [-0.2, 0) is 10.2 Å². The van der Waals surface area contributed by atoms with E-state index in [0.29, 0.717) is 5.92 Å². The zero-order valence-electron chi connectivity index (χ0n) is 8.28. The SMILES string of the molecule is CC(C)(C(=O)O)c1cnc(C2CC2)s1. The van der Waals surface area contributed by atoms with Crippen LogP contribution in [-0.4, -0.2) is 16.1 Å². The summed E-state index contributed by atoms with van der Waals surface area (Å²) >= 11 is 1.55. The fourth-order valence-corrected chi connectivity index (χ4v) is 2.38. The lowest BCUT2D eigenvalue weighted by molar-refractivity contribution is -0.142. The zero-order valence-corrected chi connectivity index (χ0v) is 9.10. The molecule has 0 radical (unpaired) electrons. The summed E-state index contributed by atoms with van der Waals surface area (Å²) in [6.07, 6.45) is 4.13. The van der Waals surface area contributed by atoms with Crippen LogP contribution >= 0.6 is 11.3 Å². The van der Waals surface area contributed by atoms with E-state index in [2.05, 4.69) is 4.98 Å². The molecular formula is C10H13NO2S. The summed E-state index contributed by atoms with van der Waals surface area (Å²) in [5.74, 6) is -0.179. The van der Waals surface area contributed by atoms with E-state index in [4.69, 9.17) is 5.11 Å². The van der Waals surface area contributed by atoms with Crippen molar-refractivity contribution in [1.82, 2.24) is 4.98 Å². The molecule has 0 aromatic carbocycles. The molecule has 76 valence electrons. The number of thiazole rings is 1. The highest BCUT2D eigenvalue weighted by Crippen LogP contribution is 2.43. The predicted molar refractivity (Wildman–Crippen MR) is 54.8 cm³/mol. The van der Waals surface area contributed by atoms with E-state index in [1.807, 2.05) is 0 Å². The molecule has 1 aromatic heterocycles. The minimum atomic E-state index is -0.801. The van der Waals surface area contributed by atoms with Crippen molar-refractivity contribution in [2.45, 2.75) is 38.0 Å². The van der Waals surface area contributed by atoms with Gasteiger partial charge in [-0.15, -0.1) is 11.3 Å². The molecule has 0 spiro atoms. The number of rotatable bonds is 3. The maximum Gasteiger partial charge on any atom is 0.314 e. The maximum absolute atomic E-state index is 11.0. The molecular weight excluding hydrogens is 198 g/mol. The highest BCUT2D eigenvalue weighted by molar-refractivity contribution is 7.12. The van der Waals surface area contributed by atoms with Gasteiger partial charge in [0.05, 0.1) is 10.4 Å². The quantitative estimate of drug-likeness (QED) is 0.835. The van der Waals surface area contributed by atoms with Crippen molar-refractivity contribution in [3.05, 3.63) is 16.1 Å². The first-order valence-electron chi connectivity index (χ1n) is 4.71. The third-order valence-electron chi connectivity index (χ3n) is 2.60. The van der Waals surface area contributed by atoms with Gasteiger partial charge in [-0.25, -0.2) is 4.98 Å². The van der Waals surface area contributed by atoms with Gasteiger partial charge >= 0.3 is 5.97 Å². The average Bonchev–Trinajstić information content (AvgIpc) is 2.83. The Kier molecular flexibility index (Phi) is 2.10. The lowest BCUT2D eigenvalue weighted by atomic mass is 9.93. The first-order chi connectivity index (χ1) is 6.51. The number of carboxylic acid groups (broad SMARTS) is 1. The third kappa shape index (κ3) is 1.54. The molecule has 1 N–H and O–H groups in total. The Hall–Kier alpha value is -0.900. The van der Waals surface area contributed by atoms with Crippen molar-refractivity contribution < 1.29 is 9.90 Å². The normalized spacial score (nSPS) is 17.0. The molecule has 1 aliphatic carbocycles. The Morgan fingerprint density at radius 2 is 2.29 bits per heavy atom. The summed E-state index contributed by atoms with van der Waals surface area (Å²) in [7, 11) is 0. The molecule has 1 aliphatic rings. The number of nitrogens with zero attached hydrogens (tertiary/aromatic N) is 1. The molecule has 2 rings (SSSR count). The Morgan fingerprint density at radius 3 is 2.79 bits per heavy atom. The van der Waals surface area contributed by atoms with Crippen LogP contribution in [0.3, 0.4) is 0 Å². The van der Waals surface area contributed by atoms with Gasteiger partial charge in [-0.3, -0.25) is 4.79 Å². The number of hydrogen-bond donors (Lipinski definition) is 1. The highest BCUT2D eigenvalue weighted by Gasteiger charge is 2.34. The van der Waals surface area contributed by atoms with Crippen LogP contribution in [0.4, 0.5) is 0 Å². The van der Waals surface area contributed by atoms with Gasteiger partial charge in [-0.05, 0) is 26.7 Å². The van der Waals surface area contributed by atoms with Gasteiger partial charge in [0.1, 0.15) is 0 Å². The molecule has 0 bridgehead atoms. The second-order valence-electron chi connectivity index (χ2n) is 4.27. The summed E-state index contributed by atoms with van der Waals surface area (Å²) in [5, 5.41) is 10.1. The van der Waals surface area contributed by atoms with Crippen molar-refractivity contribution in [2.24, 2.45) is 0 Å². The number of carboxylic acids is 1. The molecule has 0 amide bonds. The summed E-state index contributed by atoms with van der Waals surface area (Å²) in [5.41, 5.74) is -0.801. The molecule has 4 heteroatoms. The third-order valence-corrected chi connectivity index (χ3v) is 4.08. The lowest BCUT2D eigenvalue weighted by Gasteiger charge is -2.15. The summed E-state index contributed by atoms with van der Waals surface area (Å²) < 4.78 is 0. The minimum Gasteiger partial charge on any atom is -0.481 e. The van der Waals surface area contributed by atoms with Crippen molar-refractivity contribution in [1.29, 1.82) is 0 Å². The number of aliphatic carboxylic acids is 1. The summed E-state index contributed by atoms with van der Waals surface area (Å²) in [4.78, 5) is 16.1. The Labute approximate surface area is 86.8 Å². The van der Waals surface area contributed by atoms with Gasteiger partial charge < -0.3 is 5.11 Å². The van der Waals surface area contributed by atoms with Crippen LogP contribution in [0.25, 0.3) is 0 Å². The van der Waals surface area contributed by atoms with Gasteiger partial charge in [0.15, 0.2) is 0 Å². The van der Waals surface area contributed by atoms with Crippen molar-refractivity contribution in [3.63, 3.8) is 0 Å². The Balaban J connectivity index is 2.27. The maximum atomic E-state index is 11.0. The van der Waals surface area contributed by atoms with E-state index < -0.39 is 11.4 Å². The van der Waals surface area contributed by atoms with Gasteiger partial charge in [0, 0.05) is 17.0 Å². The summed E-state index contributed by atoms with van der Waals surface area (Å²) in [6.45, 7) is 3.44. The molecule has 3 nitrogen and oxygen atoms in total. The van der Waals surface area contributed by atoms with E-state index in [-0.39, 0.29) is 0 Å². The van der Waals surface area contributed by atoms with E-state index in [1.54, 1.807) is 31.4 Å².